The normalized spacial score (nSPS) is 20.4. The van der Waals surface area contributed by atoms with Gasteiger partial charge in [-0.2, -0.15) is 5.10 Å². The first-order chi connectivity index (χ1) is 13.8. The smallest absolute Gasteiger partial charge is 0.274 e. The number of nitrogens with zero attached hydrogens (tertiary/aromatic N) is 3. The molecule has 1 atom stereocenters. The van der Waals surface area contributed by atoms with Crippen molar-refractivity contribution in [1.82, 2.24) is 20.0 Å². The predicted octanol–water partition coefficient (Wildman–Crippen LogP) is 3.20. The summed E-state index contributed by atoms with van der Waals surface area (Å²) >= 11 is 0. The summed E-state index contributed by atoms with van der Waals surface area (Å²) in [5.41, 5.74) is 2.44. The van der Waals surface area contributed by atoms with Crippen LogP contribution in [0.5, 0.6) is 0 Å². The molecule has 0 spiro atoms. The Morgan fingerprint density at radius 1 is 1.14 bits per heavy atom. The fraction of sp³-hybridized carbons (Fsp3) is 0.364. The monoisotopic (exact) mass is 376 g/mol. The first kappa shape index (κ1) is 17.3. The largest absolute Gasteiger partial charge is 0.463 e. The third-order valence-corrected chi connectivity index (χ3v) is 5.74. The van der Waals surface area contributed by atoms with Crippen LogP contribution < -0.4 is 0 Å². The van der Waals surface area contributed by atoms with E-state index in [0.717, 1.165) is 31.7 Å². The number of rotatable bonds is 5. The summed E-state index contributed by atoms with van der Waals surface area (Å²) in [4.78, 5) is 17.8. The molecule has 1 amide bonds. The SMILES string of the molecule is O=C(c1cc(-c2ccco2)[nH]n1)N1CCN(C2CC2)CC1Cc1ccccc1. The number of H-pyrrole nitrogens is 1. The summed E-state index contributed by atoms with van der Waals surface area (Å²) in [6.45, 7) is 2.62. The van der Waals surface area contributed by atoms with Gasteiger partial charge in [0, 0.05) is 37.8 Å². The van der Waals surface area contributed by atoms with Crippen molar-refractivity contribution in [3.05, 3.63) is 66.1 Å². The van der Waals surface area contributed by atoms with Crippen molar-refractivity contribution in [2.45, 2.75) is 31.3 Å². The van der Waals surface area contributed by atoms with Crippen molar-refractivity contribution in [3.63, 3.8) is 0 Å². The summed E-state index contributed by atoms with van der Waals surface area (Å²) in [6.07, 6.45) is 5.06. The van der Waals surface area contributed by atoms with Gasteiger partial charge in [-0.1, -0.05) is 30.3 Å². The van der Waals surface area contributed by atoms with Gasteiger partial charge in [0.15, 0.2) is 11.5 Å². The van der Waals surface area contributed by atoms with Crippen LogP contribution in [0.4, 0.5) is 0 Å². The van der Waals surface area contributed by atoms with Crippen LogP contribution >= 0.6 is 0 Å². The van der Waals surface area contributed by atoms with Gasteiger partial charge in [0.05, 0.1) is 6.26 Å². The molecule has 2 aromatic heterocycles. The molecule has 1 N–H and O–H groups in total. The maximum Gasteiger partial charge on any atom is 0.274 e. The quantitative estimate of drug-likeness (QED) is 0.743. The molecule has 0 bridgehead atoms. The summed E-state index contributed by atoms with van der Waals surface area (Å²) in [7, 11) is 0. The van der Waals surface area contributed by atoms with Crippen LogP contribution in [-0.4, -0.2) is 57.6 Å². The Hall–Kier alpha value is -2.86. The number of carbonyl (C=O) groups is 1. The number of piperazine rings is 1. The maximum atomic E-state index is 13.3. The zero-order valence-electron chi connectivity index (χ0n) is 15.8. The molecule has 144 valence electrons. The lowest BCUT2D eigenvalue weighted by Gasteiger charge is -2.41. The Morgan fingerprint density at radius 3 is 2.75 bits per heavy atom. The van der Waals surface area contributed by atoms with E-state index in [1.54, 1.807) is 12.3 Å². The van der Waals surface area contributed by atoms with Gasteiger partial charge in [0.2, 0.25) is 0 Å². The van der Waals surface area contributed by atoms with E-state index in [9.17, 15) is 4.79 Å². The predicted molar refractivity (Wildman–Crippen MR) is 106 cm³/mol. The van der Waals surface area contributed by atoms with E-state index in [4.69, 9.17) is 4.42 Å². The minimum atomic E-state index is -0.00886. The Balaban J connectivity index is 1.37. The summed E-state index contributed by atoms with van der Waals surface area (Å²) < 4.78 is 5.40. The van der Waals surface area contributed by atoms with Crippen molar-refractivity contribution in [2.24, 2.45) is 0 Å². The topological polar surface area (TPSA) is 65.4 Å². The number of aromatic nitrogens is 2. The van der Waals surface area contributed by atoms with Crippen LogP contribution in [0.2, 0.25) is 0 Å². The minimum absolute atomic E-state index is 0.00886. The molecule has 2 fully saturated rings. The second kappa shape index (κ2) is 7.28. The molecular formula is C22H24N4O2. The summed E-state index contributed by atoms with van der Waals surface area (Å²) in [5, 5.41) is 7.19. The van der Waals surface area contributed by atoms with Crippen molar-refractivity contribution in [2.75, 3.05) is 19.6 Å². The van der Waals surface area contributed by atoms with Crippen LogP contribution in [0.1, 0.15) is 28.9 Å². The first-order valence-corrected chi connectivity index (χ1v) is 9.96. The number of carbonyl (C=O) groups excluding carboxylic acids is 1. The Bertz CT molecular complexity index is 931. The molecule has 3 aromatic rings. The van der Waals surface area contributed by atoms with Crippen LogP contribution in [0.3, 0.4) is 0 Å². The molecule has 28 heavy (non-hydrogen) atoms. The standard InChI is InChI=1S/C22H24N4O2/c27-22(20-14-19(23-24-20)21-7-4-12-28-21)26-11-10-25(17-8-9-17)15-18(26)13-16-5-2-1-3-6-16/h1-7,12,14,17-18H,8-11,13,15H2,(H,23,24). The minimum Gasteiger partial charge on any atom is -0.463 e. The highest BCUT2D eigenvalue weighted by Crippen LogP contribution is 2.30. The number of benzene rings is 1. The van der Waals surface area contributed by atoms with Gasteiger partial charge in [-0.25, -0.2) is 0 Å². The highest BCUT2D eigenvalue weighted by molar-refractivity contribution is 5.93. The molecule has 2 aliphatic rings. The van der Waals surface area contributed by atoms with E-state index in [1.807, 2.05) is 23.1 Å². The van der Waals surface area contributed by atoms with Gasteiger partial charge in [-0.05, 0) is 37.0 Å². The Kier molecular flexibility index (Phi) is 4.49. The third-order valence-electron chi connectivity index (χ3n) is 5.74. The summed E-state index contributed by atoms with van der Waals surface area (Å²) in [6, 6.07) is 16.8. The van der Waals surface area contributed by atoms with E-state index in [-0.39, 0.29) is 11.9 Å². The summed E-state index contributed by atoms with van der Waals surface area (Å²) in [5.74, 6) is 0.677. The van der Waals surface area contributed by atoms with Gasteiger partial charge in [0.1, 0.15) is 5.69 Å². The second-order valence-electron chi connectivity index (χ2n) is 7.71. The van der Waals surface area contributed by atoms with Gasteiger partial charge < -0.3 is 9.32 Å². The van der Waals surface area contributed by atoms with E-state index >= 15 is 0 Å². The number of aromatic amines is 1. The molecule has 5 rings (SSSR count). The highest BCUT2D eigenvalue weighted by Gasteiger charge is 2.37. The van der Waals surface area contributed by atoms with Gasteiger partial charge >= 0.3 is 0 Å². The van der Waals surface area contributed by atoms with Crippen molar-refractivity contribution in [3.8, 4) is 11.5 Å². The number of nitrogens with one attached hydrogen (secondary N) is 1. The van der Waals surface area contributed by atoms with Gasteiger partial charge in [0.25, 0.3) is 5.91 Å². The lowest BCUT2D eigenvalue weighted by atomic mass is 10.0. The van der Waals surface area contributed by atoms with Crippen molar-refractivity contribution in [1.29, 1.82) is 0 Å². The number of amides is 1. The molecule has 3 heterocycles. The third kappa shape index (κ3) is 3.47. The van der Waals surface area contributed by atoms with E-state index in [0.29, 0.717) is 17.5 Å². The van der Waals surface area contributed by atoms with Gasteiger partial charge in [-0.3, -0.25) is 14.8 Å². The fourth-order valence-electron chi connectivity index (χ4n) is 4.12. The lowest BCUT2D eigenvalue weighted by Crippen LogP contribution is -2.56. The maximum absolute atomic E-state index is 13.3. The first-order valence-electron chi connectivity index (χ1n) is 9.96. The second-order valence-corrected chi connectivity index (χ2v) is 7.71. The molecule has 0 radical (unpaired) electrons. The number of hydrogen-bond acceptors (Lipinski definition) is 4. The zero-order valence-corrected chi connectivity index (χ0v) is 15.8. The van der Waals surface area contributed by atoms with Crippen LogP contribution in [0.15, 0.2) is 59.2 Å². The van der Waals surface area contributed by atoms with Crippen LogP contribution in [0.25, 0.3) is 11.5 Å². The Morgan fingerprint density at radius 2 is 2.00 bits per heavy atom. The average molecular weight is 376 g/mol. The molecular weight excluding hydrogens is 352 g/mol. The van der Waals surface area contributed by atoms with Crippen LogP contribution in [0, 0.1) is 0 Å². The molecule has 6 heteroatoms. The molecule has 1 aliphatic carbocycles. The Labute approximate surface area is 164 Å². The lowest BCUT2D eigenvalue weighted by molar-refractivity contribution is 0.0432. The van der Waals surface area contributed by atoms with E-state index in [1.165, 1.54) is 18.4 Å². The van der Waals surface area contributed by atoms with E-state index in [2.05, 4.69) is 39.4 Å². The molecule has 6 nitrogen and oxygen atoms in total. The molecule has 1 aromatic carbocycles. The average Bonchev–Trinajstić information content (AvgIpc) is 3.22. The molecule has 1 saturated heterocycles. The number of hydrogen-bond donors (Lipinski definition) is 1. The number of furan rings is 1. The highest BCUT2D eigenvalue weighted by atomic mass is 16.3. The van der Waals surface area contributed by atoms with Gasteiger partial charge in [-0.15, -0.1) is 0 Å². The van der Waals surface area contributed by atoms with Crippen molar-refractivity contribution < 1.29 is 9.21 Å². The van der Waals surface area contributed by atoms with Crippen molar-refractivity contribution >= 4 is 5.91 Å². The molecule has 1 saturated carbocycles. The van der Waals surface area contributed by atoms with E-state index < -0.39 is 0 Å². The van der Waals surface area contributed by atoms with Crippen LogP contribution in [-0.2, 0) is 6.42 Å². The fourth-order valence-corrected chi connectivity index (χ4v) is 4.12. The molecule has 1 unspecified atom stereocenters. The molecule has 1 aliphatic heterocycles. The zero-order chi connectivity index (χ0) is 18.9.